The lowest BCUT2D eigenvalue weighted by molar-refractivity contribution is 0.102. The Morgan fingerprint density at radius 2 is 1.60 bits per heavy atom. The van der Waals surface area contributed by atoms with Crippen LogP contribution in [-0.2, 0) is 12.8 Å². The molecule has 0 atom stereocenters. The highest BCUT2D eigenvalue weighted by atomic mass is 16.1. The van der Waals surface area contributed by atoms with Crippen molar-refractivity contribution in [2.45, 2.75) is 26.7 Å². The van der Waals surface area contributed by atoms with Crippen molar-refractivity contribution in [3.63, 3.8) is 0 Å². The van der Waals surface area contributed by atoms with Crippen LogP contribution >= 0.6 is 0 Å². The molecule has 0 aliphatic rings. The van der Waals surface area contributed by atoms with Crippen molar-refractivity contribution >= 4 is 11.6 Å². The zero-order valence-electron chi connectivity index (χ0n) is 14.8. The van der Waals surface area contributed by atoms with Crippen LogP contribution in [0, 0.1) is 13.8 Å². The molecule has 0 fully saturated rings. The third-order valence-electron chi connectivity index (χ3n) is 4.42. The van der Waals surface area contributed by atoms with E-state index in [9.17, 15) is 4.79 Å². The summed E-state index contributed by atoms with van der Waals surface area (Å²) in [5.41, 5.74) is 6.35. The lowest BCUT2D eigenvalue weighted by Gasteiger charge is -2.12. The van der Waals surface area contributed by atoms with Gasteiger partial charge < -0.3 is 5.32 Å². The normalized spacial score (nSPS) is 10.5. The summed E-state index contributed by atoms with van der Waals surface area (Å²) < 4.78 is 0. The number of benzene rings is 3. The number of aryl methyl sites for hydroxylation is 4. The number of para-hydroxylation sites is 1. The first kappa shape index (κ1) is 17.0. The highest BCUT2D eigenvalue weighted by Crippen LogP contribution is 2.19. The molecule has 126 valence electrons. The number of anilines is 1. The maximum absolute atomic E-state index is 12.6. The van der Waals surface area contributed by atoms with E-state index in [0.717, 1.165) is 35.2 Å². The van der Waals surface area contributed by atoms with E-state index in [1.54, 1.807) is 0 Å². The zero-order valence-corrected chi connectivity index (χ0v) is 14.8. The maximum Gasteiger partial charge on any atom is 0.255 e. The summed E-state index contributed by atoms with van der Waals surface area (Å²) in [6.45, 7) is 4.07. The fraction of sp³-hybridized carbons (Fsp3) is 0.174. The van der Waals surface area contributed by atoms with Gasteiger partial charge >= 0.3 is 0 Å². The van der Waals surface area contributed by atoms with Gasteiger partial charge in [0.2, 0.25) is 0 Å². The van der Waals surface area contributed by atoms with Gasteiger partial charge in [-0.25, -0.2) is 0 Å². The van der Waals surface area contributed by atoms with Crippen molar-refractivity contribution < 1.29 is 4.79 Å². The van der Waals surface area contributed by atoms with E-state index in [4.69, 9.17) is 0 Å². The molecule has 0 unspecified atom stereocenters. The lowest BCUT2D eigenvalue weighted by atomic mass is 10.0. The highest BCUT2D eigenvalue weighted by Gasteiger charge is 2.11. The van der Waals surface area contributed by atoms with Gasteiger partial charge in [-0.3, -0.25) is 4.79 Å². The van der Waals surface area contributed by atoms with Crippen molar-refractivity contribution in [1.29, 1.82) is 0 Å². The van der Waals surface area contributed by atoms with Crippen LogP contribution in [0.3, 0.4) is 0 Å². The molecule has 0 bridgehead atoms. The predicted octanol–water partition coefficient (Wildman–Crippen LogP) is 5.34. The van der Waals surface area contributed by atoms with Crippen LogP contribution in [0.25, 0.3) is 0 Å². The average Bonchev–Trinajstić information content (AvgIpc) is 2.61. The zero-order chi connectivity index (χ0) is 17.6. The van der Waals surface area contributed by atoms with Crippen LogP contribution < -0.4 is 5.32 Å². The summed E-state index contributed by atoms with van der Waals surface area (Å²) in [6, 6.07) is 24.3. The molecule has 3 aromatic rings. The molecule has 2 heteroatoms. The summed E-state index contributed by atoms with van der Waals surface area (Å²) in [5, 5.41) is 3.08. The third-order valence-corrected chi connectivity index (χ3v) is 4.42. The van der Waals surface area contributed by atoms with Crippen molar-refractivity contribution in [3.05, 3.63) is 101 Å². The molecule has 0 radical (unpaired) electrons. The van der Waals surface area contributed by atoms with Gasteiger partial charge in [0.05, 0.1) is 0 Å². The van der Waals surface area contributed by atoms with Crippen LogP contribution in [0.15, 0.2) is 72.8 Å². The first-order chi connectivity index (χ1) is 12.1. The summed E-state index contributed by atoms with van der Waals surface area (Å²) in [4.78, 5) is 12.6. The Labute approximate surface area is 149 Å². The van der Waals surface area contributed by atoms with Gasteiger partial charge in [0.1, 0.15) is 0 Å². The van der Waals surface area contributed by atoms with E-state index in [2.05, 4.69) is 42.6 Å². The van der Waals surface area contributed by atoms with Crippen LogP contribution in [0.1, 0.15) is 32.6 Å². The van der Waals surface area contributed by atoms with Crippen LogP contribution in [0.4, 0.5) is 5.69 Å². The molecule has 0 saturated carbocycles. The Morgan fingerprint density at radius 3 is 2.40 bits per heavy atom. The summed E-state index contributed by atoms with van der Waals surface area (Å²) in [5.74, 6) is -0.0545. The van der Waals surface area contributed by atoms with Gasteiger partial charge in [-0.2, -0.15) is 0 Å². The quantitative estimate of drug-likeness (QED) is 0.672. The number of hydrogen-bond donors (Lipinski definition) is 1. The van der Waals surface area contributed by atoms with E-state index in [1.165, 1.54) is 11.1 Å². The predicted molar refractivity (Wildman–Crippen MR) is 104 cm³/mol. The van der Waals surface area contributed by atoms with Gasteiger partial charge in [0.25, 0.3) is 5.91 Å². The van der Waals surface area contributed by atoms with E-state index in [1.807, 2.05) is 49.4 Å². The molecule has 3 rings (SSSR count). The smallest absolute Gasteiger partial charge is 0.255 e. The van der Waals surface area contributed by atoms with Crippen LogP contribution in [-0.4, -0.2) is 5.91 Å². The Hall–Kier alpha value is -2.87. The highest BCUT2D eigenvalue weighted by molar-refractivity contribution is 6.05. The fourth-order valence-corrected chi connectivity index (χ4v) is 3.02. The van der Waals surface area contributed by atoms with Crippen molar-refractivity contribution in [1.82, 2.24) is 0 Å². The molecule has 2 nitrogen and oxygen atoms in total. The molecular weight excluding hydrogens is 306 g/mol. The maximum atomic E-state index is 12.6. The number of carbonyl (C=O) groups is 1. The van der Waals surface area contributed by atoms with E-state index in [0.29, 0.717) is 0 Å². The average molecular weight is 329 g/mol. The second-order valence-corrected chi connectivity index (χ2v) is 6.42. The number of rotatable bonds is 5. The number of hydrogen-bond acceptors (Lipinski definition) is 1. The molecule has 0 saturated heterocycles. The molecule has 1 amide bonds. The monoisotopic (exact) mass is 329 g/mol. The first-order valence-corrected chi connectivity index (χ1v) is 8.64. The summed E-state index contributed by atoms with van der Waals surface area (Å²) in [6.07, 6.45) is 1.85. The molecule has 25 heavy (non-hydrogen) atoms. The van der Waals surface area contributed by atoms with Gasteiger partial charge in [-0.15, -0.1) is 0 Å². The van der Waals surface area contributed by atoms with Crippen LogP contribution in [0.2, 0.25) is 0 Å². The molecule has 3 aromatic carbocycles. The van der Waals surface area contributed by atoms with Crippen LogP contribution in [0.5, 0.6) is 0 Å². The van der Waals surface area contributed by atoms with Gasteiger partial charge in [-0.1, -0.05) is 66.2 Å². The number of nitrogens with one attached hydrogen (secondary N) is 1. The number of amides is 1. The van der Waals surface area contributed by atoms with E-state index >= 15 is 0 Å². The van der Waals surface area contributed by atoms with E-state index in [-0.39, 0.29) is 5.91 Å². The second-order valence-electron chi connectivity index (χ2n) is 6.42. The second kappa shape index (κ2) is 7.80. The van der Waals surface area contributed by atoms with Gasteiger partial charge in [0, 0.05) is 11.3 Å². The minimum Gasteiger partial charge on any atom is -0.322 e. The fourth-order valence-electron chi connectivity index (χ4n) is 3.02. The molecule has 0 aromatic heterocycles. The SMILES string of the molecule is Cc1cccc(CCc2ccccc2NC(=O)c2ccccc2C)c1. The first-order valence-electron chi connectivity index (χ1n) is 8.64. The largest absolute Gasteiger partial charge is 0.322 e. The minimum atomic E-state index is -0.0545. The molecular formula is C23H23NO. The van der Waals surface area contributed by atoms with E-state index < -0.39 is 0 Å². The molecule has 0 heterocycles. The molecule has 0 aliphatic heterocycles. The summed E-state index contributed by atoms with van der Waals surface area (Å²) in [7, 11) is 0. The lowest BCUT2D eigenvalue weighted by Crippen LogP contribution is -2.14. The summed E-state index contributed by atoms with van der Waals surface area (Å²) >= 11 is 0. The molecule has 0 aliphatic carbocycles. The Kier molecular flexibility index (Phi) is 5.30. The third kappa shape index (κ3) is 4.36. The number of carbonyl (C=O) groups excluding carboxylic acids is 1. The Balaban J connectivity index is 1.75. The van der Waals surface area contributed by atoms with Gasteiger partial charge in [-0.05, 0) is 55.5 Å². The topological polar surface area (TPSA) is 29.1 Å². The standard InChI is InChI=1S/C23H23NO/c1-17-8-7-10-19(16-17)14-15-20-11-4-6-13-22(20)24-23(25)21-12-5-3-9-18(21)2/h3-13,16H,14-15H2,1-2H3,(H,24,25). The Bertz CT molecular complexity index is 883. The van der Waals surface area contributed by atoms with Crippen molar-refractivity contribution in [2.24, 2.45) is 0 Å². The Morgan fingerprint density at radius 1 is 0.840 bits per heavy atom. The van der Waals surface area contributed by atoms with Gasteiger partial charge in [0.15, 0.2) is 0 Å². The molecule has 0 spiro atoms. The minimum absolute atomic E-state index is 0.0545. The van der Waals surface area contributed by atoms with Crippen molar-refractivity contribution in [3.8, 4) is 0 Å². The van der Waals surface area contributed by atoms with Crippen molar-refractivity contribution in [2.75, 3.05) is 5.32 Å². The molecule has 1 N–H and O–H groups in total.